The van der Waals surface area contributed by atoms with Crippen LogP contribution in [0.3, 0.4) is 0 Å². The van der Waals surface area contributed by atoms with Crippen molar-refractivity contribution >= 4 is 17.9 Å². The van der Waals surface area contributed by atoms with Gasteiger partial charge in [0.2, 0.25) is 0 Å². The Morgan fingerprint density at radius 1 is 0.854 bits per heavy atom. The highest BCUT2D eigenvalue weighted by atomic mass is 16.5. The number of likely N-dealkylation sites (N-methyl/N-ethyl adjacent to an activating group) is 1. The number of terminal acetylenes is 1. The van der Waals surface area contributed by atoms with Gasteiger partial charge >= 0.3 is 17.9 Å². The van der Waals surface area contributed by atoms with Crippen molar-refractivity contribution in [3.05, 3.63) is 47.5 Å². The van der Waals surface area contributed by atoms with Gasteiger partial charge in [-0.25, -0.2) is 4.79 Å². The number of benzene rings is 2. The minimum atomic E-state index is -2.74. The van der Waals surface area contributed by atoms with Gasteiger partial charge < -0.3 is 49.7 Å². The Hall–Kier alpha value is -4.51. The summed E-state index contributed by atoms with van der Waals surface area (Å²) in [6, 6.07) is 11.9. The molecule has 2 rings (SSSR count). The second-order valence-corrected chi connectivity index (χ2v) is 8.63. The number of carbonyl (C=O) groups is 3. The molecule has 0 aliphatic carbocycles. The van der Waals surface area contributed by atoms with Crippen molar-refractivity contribution in [1.82, 2.24) is 4.90 Å². The lowest BCUT2D eigenvalue weighted by molar-refractivity contribution is -0.170. The molecule has 0 heterocycles. The van der Waals surface area contributed by atoms with Gasteiger partial charge in [0.05, 0.1) is 34.2 Å². The number of rotatable bonds is 15. The summed E-state index contributed by atoms with van der Waals surface area (Å²) in [5, 5.41) is 33.8. The molecule has 0 aliphatic rings. The normalized spacial score (nSPS) is 10.3. The number of carboxylic acid groups (broad SMARTS) is 3. The van der Waals surface area contributed by atoms with Crippen LogP contribution in [0.4, 0.5) is 0 Å². The second-order valence-electron chi connectivity index (χ2n) is 8.63. The number of nitrogens with zero attached hydrogens (tertiary/aromatic N) is 1. The van der Waals surface area contributed by atoms with E-state index < -0.39 is 36.4 Å². The zero-order chi connectivity index (χ0) is 30.3. The third kappa shape index (κ3) is 12.5. The highest BCUT2D eigenvalue weighted by molar-refractivity contribution is 5.88. The van der Waals surface area contributed by atoms with E-state index in [4.69, 9.17) is 45.8 Å². The third-order valence-corrected chi connectivity index (χ3v) is 5.51. The van der Waals surface area contributed by atoms with Crippen LogP contribution in [0.15, 0.2) is 36.4 Å². The summed E-state index contributed by atoms with van der Waals surface area (Å²) < 4.78 is 21.5. The van der Waals surface area contributed by atoms with Gasteiger partial charge in [0.15, 0.2) is 28.6 Å². The Morgan fingerprint density at radius 2 is 1.34 bits per heavy atom. The average Bonchev–Trinajstić information content (AvgIpc) is 2.90. The number of methoxy groups -OCH3 is 3. The molecule has 0 radical (unpaired) electrons. The monoisotopic (exact) mass is 579 g/mol. The third-order valence-electron chi connectivity index (χ3n) is 5.51. The van der Waals surface area contributed by atoms with E-state index in [2.05, 4.69) is 23.9 Å². The molecule has 0 unspecified atom stereocenters. The molecule has 2 aromatic rings. The summed E-state index contributed by atoms with van der Waals surface area (Å²) in [7, 11) is 7.00. The van der Waals surface area contributed by atoms with Crippen molar-refractivity contribution in [2.75, 3.05) is 41.5 Å². The molecule has 13 heteroatoms. The first kappa shape index (κ1) is 36.5. The van der Waals surface area contributed by atoms with Gasteiger partial charge in [0.1, 0.15) is 6.61 Å². The van der Waals surface area contributed by atoms with Gasteiger partial charge in [-0.2, -0.15) is 0 Å². The molecule has 0 aromatic heterocycles. The summed E-state index contributed by atoms with van der Waals surface area (Å²) in [4.78, 5) is 32.7. The lowest BCUT2D eigenvalue weighted by atomic mass is 9.96. The Kier molecular flexibility index (Phi) is 16.0. The van der Waals surface area contributed by atoms with Gasteiger partial charge in [-0.1, -0.05) is 18.1 Å². The fourth-order valence-electron chi connectivity index (χ4n) is 3.51. The van der Waals surface area contributed by atoms with Crippen LogP contribution in [-0.2, 0) is 27.3 Å². The molecule has 0 bridgehead atoms. The van der Waals surface area contributed by atoms with Gasteiger partial charge in [-0.3, -0.25) is 9.59 Å². The van der Waals surface area contributed by atoms with E-state index in [0.29, 0.717) is 11.5 Å². The molecule has 0 spiro atoms. The van der Waals surface area contributed by atoms with Crippen LogP contribution in [-0.4, -0.2) is 95.8 Å². The van der Waals surface area contributed by atoms with Crippen molar-refractivity contribution in [3.63, 3.8) is 0 Å². The molecule has 226 valence electrons. The highest BCUT2D eigenvalue weighted by Crippen LogP contribution is 2.29. The largest absolute Gasteiger partial charge is 0.493 e. The summed E-state index contributed by atoms with van der Waals surface area (Å²) in [6.45, 7) is 1.92. The van der Waals surface area contributed by atoms with Gasteiger partial charge in [0.25, 0.3) is 0 Å². The minimum Gasteiger partial charge on any atom is -0.493 e. The maximum Gasteiger partial charge on any atom is 0.336 e. The molecule has 0 saturated heterocycles. The fraction of sp³-hybridized carbons (Fsp3) is 0.393. The van der Waals surface area contributed by atoms with Crippen LogP contribution in [0.5, 0.6) is 23.0 Å². The number of hydrogen-bond donors (Lipinski definition) is 4. The highest BCUT2D eigenvalue weighted by Gasteiger charge is 2.40. The van der Waals surface area contributed by atoms with Crippen LogP contribution < -0.4 is 18.9 Å². The first-order chi connectivity index (χ1) is 18.9. The molecule has 0 aliphatic heterocycles. The average molecular weight is 580 g/mol. The molecular formula is C28H37NO12. The maximum atomic E-state index is 10.3. The SMILES string of the molecule is C#CCOc1cc(CN(C)CCc2ccc(OC)c(OC)c2)ccc1OC.O.O=C(O)CC(O)(CC(=O)O)C(=O)O. The van der Waals surface area contributed by atoms with Crippen LogP contribution in [0.25, 0.3) is 0 Å². The summed E-state index contributed by atoms with van der Waals surface area (Å²) >= 11 is 0. The number of aliphatic hydroxyl groups is 1. The quantitative estimate of drug-likeness (QED) is 0.221. The van der Waals surface area contributed by atoms with E-state index in [0.717, 1.165) is 36.6 Å². The van der Waals surface area contributed by atoms with Crippen molar-refractivity contribution < 1.29 is 59.2 Å². The Labute approximate surface area is 238 Å². The van der Waals surface area contributed by atoms with Crippen molar-refractivity contribution in [2.24, 2.45) is 0 Å². The number of ether oxygens (including phenoxy) is 4. The Morgan fingerprint density at radius 3 is 1.80 bits per heavy atom. The van der Waals surface area contributed by atoms with Crippen molar-refractivity contribution in [1.29, 1.82) is 0 Å². The summed E-state index contributed by atoms with van der Waals surface area (Å²) in [6.07, 6.45) is 3.90. The van der Waals surface area contributed by atoms with E-state index in [1.54, 1.807) is 21.3 Å². The van der Waals surface area contributed by atoms with Crippen LogP contribution >= 0.6 is 0 Å². The molecule has 0 amide bonds. The Balaban J connectivity index is 0.000000971. The van der Waals surface area contributed by atoms with Crippen molar-refractivity contribution in [3.8, 4) is 35.3 Å². The Bertz CT molecular complexity index is 1180. The van der Waals surface area contributed by atoms with Crippen molar-refractivity contribution in [2.45, 2.75) is 31.4 Å². The molecule has 0 saturated carbocycles. The minimum absolute atomic E-state index is 0. The molecule has 41 heavy (non-hydrogen) atoms. The molecule has 0 atom stereocenters. The number of hydrogen-bond acceptors (Lipinski definition) is 9. The first-order valence-corrected chi connectivity index (χ1v) is 11.9. The van der Waals surface area contributed by atoms with Gasteiger partial charge in [0, 0.05) is 13.1 Å². The van der Waals surface area contributed by atoms with E-state index in [-0.39, 0.29) is 12.1 Å². The smallest absolute Gasteiger partial charge is 0.336 e. The lowest BCUT2D eigenvalue weighted by Crippen LogP contribution is -2.42. The molecule has 0 fully saturated rings. The summed E-state index contributed by atoms with van der Waals surface area (Å²) in [5.74, 6) is 0.303. The predicted molar refractivity (Wildman–Crippen MR) is 148 cm³/mol. The second kappa shape index (κ2) is 18.0. The zero-order valence-electron chi connectivity index (χ0n) is 23.4. The van der Waals surface area contributed by atoms with Gasteiger partial charge in [-0.15, -0.1) is 6.42 Å². The standard InChI is InChI=1S/C22H27NO4.C6H8O7.H2O/c1-6-13-27-22-15-18(8-10-20(22)25-4)16-23(2)12-11-17-7-9-19(24-3)21(14-17)26-5;7-3(8)1-6(13,5(11)12)2-4(9)10;/h1,7-10,14-15H,11-13,16H2,2-5H3;13H,1-2H2,(H,7,8)(H,9,10)(H,11,12);1H2. The zero-order valence-corrected chi connectivity index (χ0v) is 23.4. The predicted octanol–water partition coefficient (Wildman–Crippen LogP) is 1.33. The molecule has 2 aromatic carbocycles. The molecular weight excluding hydrogens is 542 g/mol. The van der Waals surface area contributed by atoms with Gasteiger partial charge in [-0.05, 0) is 48.9 Å². The lowest BCUT2D eigenvalue weighted by Gasteiger charge is -2.18. The number of aliphatic carboxylic acids is 3. The van der Waals surface area contributed by atoms with E-state index in [1.807, 2.05) is 30.3 Å². The van der Waals surface area contributed by atoms with Crippen LogP contribution in [0.2, 0.25) is 0 Å². The van der Waals surface area contributed by atoms with Crippen LogP contribution in [0, 0.1) is 12.3 Å². The van der Waals surface area contributed by atoms with E-state index in [9.17, 15) is 14.4 Å². The molecule has 13 nitrogen and oxygen atoms in total. The summed E-state index contributed by atoms with van der Waals surface area (Å²) in [5.41, 5.74) is -0.401. The van der Waals surface area contributed by atoms with E-state index in [1.165, 1.54) is 5.56 Å². The molecule has 6 N–H and O–H groups in total. The van der Waals surface area contributed by atoms with Crippen LogP contribution in [0.1, 0.15) is 24.0 Å². The maximum absolute atomic E-state index is 10.3. The topological polar surface area (TPSA) is 204 Å². The number of carboxylic acids is 3. The van der Waals surface area contributed by atoms with E-state index >= 15 is 0 Å². The first-order valence-electron chi connectivity index (χ1n) is 11.9. The fourth-order valence-corrected chi connectivity index (χ4v) is 3.51.